The fourth-order valence-electron chi connectivity index (χ4n) is 4.09. The van der Waals surface area contributed by atoms with Gasteiger partial charge in [-0.15, -0.1) is 0 Å². The lowest BCUT2D eigenvalue weighted by Gasteiger charge is -2.16. The van der Waals surface area contributed by atoms with E-state index in [9.17, 15) is 19.2 Å². The largest absolute Gasteiger partial charge is 0.481 e. The van der Waals surface area contributed by atoms with Crippen molar-refractivity contribution in [1.29, 1.82) is 0 Å². The van der Waals surface area contributed by atoms with Crippen molar-refractivity contribution in [2.45, 2.75) is 109 Å². The number of rotatable bonds is 27. The van der Waals surface area contributed by atoms with E-state index in [2.05, 4.69) is 21.0 Å². The molecule has 0 aliphatic carbocycles. The topological polar surface area (TPSA) is 174 Å². The Morgan fingerprint density at radius 2 is 1.15 bits per heavy atom. The van der Waals surface area contributed by atoms with E-state index in [1.54, 1.807) is 0 Å². The number of carboxylic acids is 2. The molecular weight excluding hydrogens is 502 g/mol. The average molecular weight is 556 g/mol. The molecule has 0 radical (unpaired) electrons. The zero-order chi connectivity index (χ0) is 29.1. The fraction of sp³-hybridized carbons (Fsp3) is 0.786. The normalized spacial score (nSPS) is 11.4. The molecule has 0 atom stereocenters. The van der Waals surface area contributed by atoms with Gasteiger partial charge in [-0.3, -0.25) is 20.2 Å². The third-order valence-electron chi connectivity index (χ3n) is 6.49. The number of hydrogen-bond donors (Lipinski definition) is 6. The highest BCUT2D eigenvalue weighted by molar-refractivity contribution is 5.85. The van der Waals surface area contributed by atoms with E-state index in [4.69, 9.17) is 16.1 Å². The summed E-state index contributed by atoms with van der Waals surface area (Å²) in [5.41, 5.74) is 2.07. The Morgan fingerprint density at radius 1 is 0.667 bits per heavy atom. The maximum absolute atomic E-state index is 12.0. The Balaban J connectivity index is 3.52. The van der Waals surface area contributed by atoms with Crippen molar-refractivity contribution in [2.24, 2.45) is 5.84 Å². The standard InChI is InChI=1S/C28H53N5O6/c1-33(23-19-26(35)30-20-14-13-16-24(32-29)28(38)39)22-15-21-31-25(34)17-11-9-7-5-3-2-4-6-8-10-12-18-27(36)37/h16,32H,2-15,17-23,29H2,1H3,(H,30,35)(H,31,34)(H,36,37)(H,38,39)/b24-16+. The lowest BCUT2D eigenvalue weighted by atomic mass is 10.0. The van der Waals surface area contributed by atoms with E-state index < -0.39 is 11.9 Å². The van der Waals surface area contributed by atoms with Crippen LogP contribution in [0.1, 0.15) is 109 Å². The molecule has 0 saturated carbocycles. The van der Waals surface area contributed by atoms with Crippen molar-refractivity contribution < 1.29 is 29.4 Å². The van der Waals surface area contributed by atoms with Crippen LogP contribution in [-0.2, 0) is 19.2 Å². The number of aliphatic carboxylic acids is 2. The van der Waals surface area contributed by atoms with Gasteiger partial charge >= 0.3 is 11.9 Å². The van der Waals surface area contributed by atoms with Gasteiger partial charge < -0.3 is 31.2 Å². The first-order valence-corrected chi connectivity index (χ1v) is 14.6. The molecule has 0 aromatic carbocycles. The molecule has 0 saturated heterocycles. The van der Waals surface area contributed by atoms with Crippen molar-refractivity contribution in [3.05, 3.63) is 11.8 Å². The highest BCUT2D eigenvalue weighted by Crippen LogP contribution is 2.12. The average Bonchev–Trinajstić information content (AvgIpc) is 2.89. The van der Waals surface area contributed by atoms with Gasteiger partial charge in [0, 0.05) is 38.9 Å². The molecule has 226 valence electrons. The van der Waals surface area contributed by atoms with Crippen LogP contribution in [-0.4, -0.2) is 72.1 Å². The van der Waals surface area contributed by atoms with Crippen LogP contribution in [0.15, 0.2) is 11.8 Å². The van der Waals surface area contributed by atoms with Gasteiger partial charge in [0.25, 0.3) is 0 Å². The molecule has 11 heteroatoms. The molecule has 0 fully saturated rings. The molecule has 0 aliphatic rings. The molecule has 7 N–H and O–H groups in total. The first-order chi connectivity index (χ1) is 18.8. The molecule has 0 aromatic rings. The number of allylic oxidation sites excluding steroid dienone is 1. The van der Waals surface area contributed by atoms with Crippen LogP contribution < -0.4 is 21.9 Å². The number of hydrazine groups is 1. The molecule has 39 heavy (non-hydrogen) atoms. The first kappa shape index (κ1) is 36.3. The minimum Gasteiger partial charge on any atom is -0.481 e. The molecule has 11 nitrogen and oxygen atoms in total. The van der Waals surface area contributed by atoms with Gasteiger partial charge in [0.1, 0.15) is 5.70 Å². The second-order valence-corrected chi connectivity index (χ2v) is 10.1. The number of hydrogen-bond acceptors (Lipinski definition) is 7. The zero-order valence-corrected chi connectivity index (χ0v) is 24.0. The fourth-order valence-corrected chi connectivity index (χ4v) is 4.09. The van der Waals surface area contributed by atoms with E-state index >= 15 is 0 Å². The number of nitrogens with one attached hydrogen (secondary N) is 3. The summed E-state index contributed by atoms with van der Waals surface area (Å²) in [5.74, 6) is 3.37. The third-order valence-corrected chi connectivity index (χ3v) is 6.49. The van der Waals surface area contributed by atoms with Crippen LogP contribution in [0.4, 0.5) is 0 Å². The van der Waals surface area contributed by atoms with E-state index in [1.165, 1.54) is 44.6 Å². The van der Waals surface area contributed by atoms with Crippen molar-refractivity contribution in [1.82, 2.24) is 21.0 Å². The number of nitrogens with zero attached hydrogens (tertiary/aromatic N) is 1. The molecule has 0 heterocycles. The minimum atomic E-state index is -1.11. The van der Waals surface area contributed by atoms with Crippen LogP contribution in [0.5, 0.6) is 0 Å². The molecular formula is C28H53N5O6. The maximum Gasteiger partial charge on any atom is 0.352 e. The summed E-state index contributed by atoms with van der Waals surface area (Å²) in [6.07, 6.45) is 16.9. The van der Waals surface area contributed by atoms with Gasteiger partial charge in [-0.05, 0) is 45.7 Å². The van der Waals surface area contributed by atoms with Crippen molar-refractivity contribution in [3.8, 4) is 0 Å². The predicted octanol–water partition coefficient (Wildman–Crippen LogP) is 3.30. The van der Waals surface area contributed by atoms with Gasteiger partial charge in [-0.1, -0.05) is 63.9 Å². The first-order valence-electron chi connectivity index (χ1n) is 14.6. The lowest BCUT2D eigenvalue weighted by molar-refractivity contribution is -0.137. The number of amides is 2. The summed E-state index contributed by atoms with van der Waals surface area (Å²) in [5, 5.41) is 23.2. The second kappa shape index (κ2) is 25.6. The Morgan fingerprint density at radius 3 is 1.67 bits per heavy atom. The van der Waals surface area contributed by atoms with Crippen LogP contribution in [0.3, 0.4) is 0 Å². The zero-order valence-electron chi connectivity index (χ0n) is 24.0. The summed E-state index contributed by atoms with van der Waals surface area (Å²) < 4.78 is 0. The monoisotopic (exact) mass is 555 g/mol. The SMILES string of the molecule is CN(CCCNC(=O)CCCCCCCCCCCCCC(=O)O)CCC(=O)NCCC/C=C(/NN)C(=O)O. The Kier molecular flexibility index (Phi) is 23.9. The molecule has 0 bridgehead atoms. The van der Waals surface area contributed by atoms with Gasteiger partial charge in [0.15, 0.2) is 0 Å². The smallest absolute Gasteiger partial charge is 0.352 e. The van der Waals surface area contributed by atoms with E-state index in [0.29, 0.717) is 45.3 Å². The summed E-state index contributed by atoms with van der Waals surface area (Å²) in [6.45, 7) is 2.54. The molecule has 0 spiro atoms. The highest BCUT2D eigenvalue weighted by atomic mass is 16.4. The Labute approximate surface area is 234 Å². The van der Waals surface area contributed by atoms with Gasteiger partial charge in [0.2, 0.25) is 11.8 Å². The summed E-state index contributed by atoms with van der Waals surface area (Å²) in [6, 6.07) is 0. The second-order valence-electron chi connectivity index (χ2n) is 10.1. The molecule has 0 unspecified atom stereocenters. The minimum absolute atomic E-state index is 0.0421. The van der Waals surface area contributed by atoms with Crippen molar-refractivity contribution in [2.75, 3.05) is 33.2 Å². The van der Waals surface area contributed by atoms with Crippen LogP contribution in [0.25, 0.3) is 0 Å². The van der Waals surface area contributed by atoms with Crippen LogP contribution in [0, 0.1) is 0 Å². The molecule has 0 aromatic heterocycles. The lowest BCUT2D eigenvalue weighted by Crippen LogP contribution is -2.31. The van der Waals surface area contributed by atoms with E-state index in [0.717, 1.165) is 45.1 Å². The van der Waals surface area contributed by atoms with E-state index in [1.807, 2.05) is 7.05 Å². The quantitative estimate of drug-likeness (QED) is 0.0384. The van der Waals surface area contributed by atoms with Crippen LogP contribution >= 0.6 is 0 Å². The van der Waals surface area contributed by atoms with Gasteiger partial charge in [-0.25, -0.2) is 4.79 Å². The van der Waals surface area contributed by atoms with Gasteiger partial charge in [-0.2, -0.15) is 0 Å². The summed E-state index contributed by atoms with van der Waals surface area (Å²) in [7, 11) is 1.95. The molecule has 0 rings (SSSR count). The summed E-state index contributed by atoms with van der Waals surface area (Å²) in [4.78, 5) is 47.3. The number of carboxylic acid groups (broad SMARTS) is 2. The Bertz CT molecular complexity index is 717. The number of carbonyl (C=O) groups is 4. The Hall–Kier alpha value is -2.66. The van der Waals surface area contributed by atoms with E-state index in [-0.39, 0.29) is 23.9 Å². The number of nitrogens with two attached hydrogens (primary N) is 1. The number of carbonyl (C=O) groups excluding carboxylic acids is 2. The molecule has 2 amide bonds. The van der Waals surface area contributed by atoms with Crippen molar-refractivity contribution in [3.63, 3.8) is 0 Å². The molecule has 0 aliphatic heterocycles. The predicted molar refractivity (Wildman–Crippen MR) is 153 cm³/mol. The highest BCUT2D eigenvalue weighted by Gasteiger charge is 2.06. The maximum atomic E-state index is 12.0. The van der Waals surface area contributed by atoms with Gasteiger partial charge in [0.05, 0.1) is 0 Å². The van der Waals surface area contributed by atoms with Crippen molar-refractivity contribution >= 4 is 23.8 Å². The third kappa shape index (κ3) is 25.4. The van der Waals surface area contributed by atoms with Crippen LogP contribution in [0.2, 0.25) is 0 Å². The summed E-state index contributed by atoms with van der Waals surface area (Å²) >= 11 is 0. The number of unbranched alkanes of at least 4 members (excludes halogenated alkanes) is 11.